The summed E-state index contributed by atoms with van der Waals surface area (Å²) in [5.74, 6) is 1.53. The normalized spacial score (nSPS) is 11.2. The van der Waals surface area contributed by atoms with E-state index >= 15 is 0 Å². The molecule has 0 aliphatic rings. The Hall–Kier alpha value is -4.38. The lowest BCUT2D eigenvalue weighted by Gasteiger charge is -2.08. The van der Waals surface area contributed by atoms with Crippen LogP contribution in [0.3, 0.4) is 0 Å². The predicted molar refractivity (Wildman–Crippen MR) is 121 cm³/mol. The number of aromatic nitrogens is 4. The quantitative estimate of drug-likeness (QED) is 0.357. The summed E-state index contributed by atoms with van der Waals surface area (Å²) in [5, 5.41) is 0. The lowest BCUT2D eigenvalue weighted by Crippen LogP contribution is -1.87. The molecule has 4 aromatic heterocycles. The van der Waals surface area contributed by atoms with Gasteiger partial charge in [0.1, 0.15) is 17.1 Å². The highest BCUT2D eigenvalue weighted by Crippen LogP contribution is 2.31. The maximum absolute atomic E-state index is 6.20. The zero-order valence-corrected chi connectivity index (χ0v) is 16.6. The Labute approximate surface area is 178 Å². The molecule has 0 saturated carbocycles. The number of imidazole rings is 2. The molecule has 0 N–H and O–H groups in total. The first kappa shape index (κ1) is 17.5. The first-order valence-electron chi connectivity index (χ1n) is 10.1. The SMILES string of the molecule is c1cc(Oc2cccc(-c3ncn4ccccc34)c2)cc(-c2cn3ccccc3n2)c1. The lowest BCUT2D eigenvalue weighted by molar-refractivity contribution is 0.483. The molecule has 6 rings (SSSR count). The van der Waals surface area contributed by atoms with Crippen LogP contribution in [0.5, 0.6) is 11.5 Å². The van der Waals surface area contributed by atoms with Crippen molar-refractivity contribution >= 4 is 11.2 Å². The summed E-state index contributed by atoms with van der Waals surface area (Å²) < 4.78 is 10.2. The van der Waals surface area contributed by atoms with Crippen LogP contribution >= 0.6 is 0 Å². The molecule has 0 unspecified atom stereocenters. The van der Waals surface area contributed by atoms with Gasteiger partial charge >= 0.3 is 0 Å². The van der Waals surface area contributed by atoms with Gasteiger partial charge in [0.2, 0.25) is 0 Å². The van der Waals surface area contributed by atoms with Crippen molar-refractivity contribution in [2.45, 2.75) is 0 Å². The van der Waals surface area contributed by atoms with Crippen molar-refractivity contribution in [3.8, 4) is 34.0 Å². The molecule has 0 atom stereocenters. The van der Waals surface area contributed by atoms with E-state index in [4.69, 9.17) is 9.72 Å². The van der Waals surface area contributed by atoms with Gasteiger partial charge in [-0.2, -0.15) is 0 Å². The van der Waals surface area contributed by atoms with Gasteiger partial charge in [0.05, 0.1) is 23.2 Å². The molecule has 0 aliphatic carbocycles. The van der Waals surface area contributed by atoms with Gasteiger partial charge in [-0.1, -0.05) is 36.4 Å². The van der Waals surface area contributed by atoms with Crippen molar-refractivity contribution in [2.75, 3.05) is 0 Å². The molecule has 0 aliphatic heterocycles. The van der Waals surface area contributed by atoms with Crippen molar-refractivity contribution in [1.82, 2.24) is 18.8 Å². The zero-order chi connectivity index (χ0) is 20.6. The molecule has 0 bridgehead atoms. The van der Waals surface area contributed by atoms with Gasteiger partial charge in [0.15, 0.2) is 0 Å². The molecule has 0 radical (unpaired) electrons. The number of hydrogen-bond donors (Lipinski definition) is 0. The maximum atomic E-state index is 6.20. The first-order valence-corrected chi connectivity index (χ1v) is 10.1. The molecule has 0 saturated heterocycles. The summed E-state index contributed by atoms with van der Waals surface area (Å²) in [6.45, 7) is 0. The van der Waals surface area contributed by atoms with Gasteiger partial charge < -0.3 is 13.5 Å². The summed E-state index contributed by atoms with van der Waals surface area (Å²) in [5.41, 5.74) is 5.86. The van der Waals surface area contributed by atoms with E-state index in [1.165, 1.54) is 0 Å². The van der Waals surface area contributed by atoms with E-state index in [2.05, 4.69) is 17.1 Å². The van der Waals surface area contributed by atoms with E-state index in [0.29, 0.717) is 0 Å². The summed E-state index contributed by atoms with van der Waals surface area (Å²) in [6.07, 6.45) is 7.85. The van der Waals surface area contributed by atoms with Crippen LogP contribution in [-0.2, 0) is 0 Å². The number of rotatable bonds is 4. The predicted octanol–water partition coefficient (Wildman–Crippen LogP) is 6.11. The molecular weight excluding hydrogens is 384 g/mol. The highest BCUT2D eigenvalue weighted by atomic mass is 16.5. The standard InChI is InChI=1S/C26H18N4O/c1-3-14-30-18-27-26(24(30)11-1)20-8-6-10-22(16-20)31-21-9-5-7-19(15-21)23-17-29-13-4-2-12-25(29)28-23/h1-18H. The fourth-order valence-electron chi connectivity index (χ4n) is 3.80. The van der Waals surface area contributed by atoms with Crippen molar-refractivity contribution in [3.63, 3.8) is 0 Å². The lowest BCUT2D eigenvalue weighted by atomic mass is 10.1. The van der Waals surface area contributed by atoms with E-state index in [9.17, 15) is 0 Å². The topological polar surface area (TPSA) is 43.8 Å². The van der Waals surface area contributed by atoms with Gasteiger partial charge in [-0.15, -0.1) is 0 Å². The van der Waals surface area contributed by atoms with Crippen LogP contribution in [0.4, 0.5) is 0 Å². The fraction of sp³-hybridized carbons (Fsp3) is 0. The Morgan fingerprint density at radius 1 is 0.677 bits per heavy atom. The molecular formula is C26H18N4O. The summed E-state index contributed by atoms with van der Waals surface area (Å²) in [6, 6.07) is 28.1. The van der Waals surface area contributed by atoms with Crippen molar-refractivity contribution < 1.29 is 4.74 Å². The first-order chi connectivity index (χ1) is 15.3. The Morgan fingerprint density at radius 3 is 2.26 bits per heavy atom. The zero-order valence-electron chi connectivity index (χ0n) is 16.6. The number of nitrogens with zero attached hydrogens (tertiary/aromatic N) is 4. The Balaban J connectivity index is 1.32. The second-order valence-electron chi connectivity index (χ2n) is 7.34. The minimum Gasteiger partial charge on any atom is -0.457 e. The molecule has 5 heteroatoms. The highest BCUT2D eigenvalue weighted by molar-refractivity contribution is 5.77. The van der Waals surface area contributed by atoms with Crippen LogP contribution in [0.25, 0.3) is 33.7 Å². The summed E-state index contributed by atoms with van der Waals surface area (Å²) in [7, 11) is 0. The van der Waals surface area contributed by atoms with Crippen LogP contribution in [-0.4, -0.2) is 18.8 Å². The molecule has 4 heterocycles. The number of fused-ring (bicyclic) bond motifs is 2. The van der Waals surface area contributed by atoms with Crippen LogP contribution < -0.4 is 4.74 Å². The Kier molecular flexibility index (Phi) is 4.03. The third kappa shape index (κ3) is 3.22. The minimum atomic E-state index is 0.765. The second-order valence-corrected chi connectivity index (χ2v) is 7.34. The minimum absolute atomic E-state index is 0.765. The highest BCUT2D eigenvalue weighted by Gasteiger charge is 2.09. The maximum Gasteiger partial charge on any atom is 0.137 e. The van der Waals surface area contributed by atoms with E-state index in [0.717, 1.165) is 45.2 Å². The number of ether oxygens (including phenoxy) is 1. The molecule has 2 aromatic carbocycles. The Morgan fingerprint density at radius 2 is 1.42 bits per heavy atom. The Bertz CT molecular complexity index is 1500. The van der Waals surface area contributed by atoms with Crippen LogP contribution in [0.2, 0.25) is 0 Å². The molecule has 148 valence electrons. The number of pyridine rings is 2. The van der Waals surface area contributed by atoms with Gasteiger partial charge in [-0.25, -0.2) is 9.97 Å². The van der Waals surface area contributed by atoms with Crippen molar-refractivity contribution in [2.24, 2.45) is 0 Å². The van der Waals surface area contributed by atoms with Crippen molar-refractivity contribution in [1.29, 1.82) is 0 Å². The van der Waals surface area contributed by atoms with Crippen molar-refractivity contribution in [3.05, 3.63) is 110 Å². The number of benzene rings is 2. The molecule has 0 fully saturated rings. The van der Waals surface area contributed by atoms with E-state index in [1.54, 1.807) is 0 Å². The third-order valence-corrected chi connectivity index (χ3v) is 5.28. The largest absolute Gasteiger partial charge is 0.457 e. The van der Waals surface area contributed by atoms with Crippen LogP contribution in [0, 0.1) is 0 Å². The molecule has 31 heavy (non-hydrogen) atoms. The van der Waals surface area contributed by atoms with E-state index in [-0.39, 0.29) is 0 Å². The smallest absolute Gasteiger partial charge is 0.137 e. The van der Waals surface area contributed by atoms with Gasteiger partial charge in [-0.05, 0) is 48.5 Å². The molecule has 0 amide bonds. The van der Waals surface area contributed by atoms with Gasteiger partial charge in [0, 0.05) is 29.7 Å². The van der Waals surface area contributed by atoms with E-state index in [1.807, 2.05) is 107 Å². The fourth-order valence-corrected chi connectivity index (χ4v) is 3.80. The van der Waals surface area contributed by atoms with E-state index < -0.39 is 0 Å². The number of hydrogen-bond acceptors (Lipinski definition) is 3. The average molecular weight is 402 g/mol. The van der Waals surface area contributed by atoms with Crippen LogP contribution in [0.1, 0.15) is 0 Å². The summed E-state index contributed by atoms with van der Waals surface area (Å²) >= 11 is 0. The van der Waals surface area contributed by atoms with Gasteiger partial charge in [-0.3, -0.25) is 0 Å². The third-order valence-electron chi connectivity index (χ3n) is 5.28. The molecule has 5 nitrogen and oxygen atoms in total. The molecule has 6 aromatic rings. The monoisotopic (exact) mass is 402 g/mol. The van der Waals surface area contributed by atoms with Gasteiger partial charge in [0.25, 0.3) is 0 Å². The molecule has 0 spiro atoms. The second kappa shape index (κ2) is 7.15. The average Bonchev–Trinajstić information content (AvgIpc) is 3.44. The van der Waals surface area contributed by atoms with Crippen LogP contribution in [0.15, 0.2) is 110 Å². The summed E-state index contributed by atoms with van der Waals surface area (Å²) in [4.78, 5) is 9.29.